The molecule has 0 aliphatic heterocycles. The van der Waals surface area contributed by atoms with Crippen LogP contribution in [0.25, 0.3) is 5.82 Å². The third-order valence-electron chi connectivity index (χ3n) is 2.15. The van der Waals surface area contributed by atoms with Crippen molar-refractivity contribution in [2.45, 2.75) is 25.3 Å². The molecule has 84 valence electrons. The van der Waals surface area contributed by atoms with Crippen LogP contribution in [0.2, 0.25) is 0 Å². The molecule has 0 aromatic carbocycles. The van der Waals surface area contributed by atoms with Gasteiger partial charge in [0.1, 0.15) is 10.9 Å². The first-order valence-electron chi connectivity index (χ1n) is 5.28. The summed E-state index contributed by atoms with van der Waals surface area (Å²) in [6, 6.07) is 3.97. The summed E-state index contributed by atoms with van der Waals surface area (Å²) in [6.07, 6.45) is 4.80. The zero-order valence-corrected chi connectivity index (χ0v) is 10.2. The number of imidazole rings is 1. The van der Waals surface area contributed by atoms with Crippen molar-refractivity contribution in [3.63, 3.8) is 0 Å². The van der Waals surface area contributed by atoms with Gasteiger partial charge in [0.25, 0.3) is 0 Å². The second-order valence-electron chi connectivity index (χ2n) is 3.42. The fourth-order valence-electron chi connectivity index (χ4n) is 1.35. The molecule has 4 nitrogen and oxygen atoms in total. The van der Waals surface area contributed by atoms with Gasteiger partial charge in [0.15, 0.2) is 5.82 Å². The summed E-state index contributed by atoms with van der Waals surface area (Å²) in [5, 5.41) is 9.34. The number of nitrogens with zero attached hydrogens (tertiary/aromatic N) is 4. The lowest BCUT2D eigenvalue weighted by atomic mass is 10.5. The van der Waals surface area contributed by atoms with Gasteiger partial charge in [-0.1, -0.05) is 6.92 Å². The molecule has 0 saturated carbocycles. The van der Waals surface area contributed by atoms with Gasteiger partial charge in [-0.3, -0.25) is 4.57 Å². The maximum Gasteiger partial charge on any atom is 0.160 e. The molecule has 2 aromatic rings. The largest absolute Gasteiger partial charge is 0.287 e. The second-order valence-corrected chi connectivity index (χ2v) is 4.54. The zero-order valence-electron chi connectivity index (χ0n) is 9.42. The Bertz CT molecular complexity index is 449. The van der Waals surface area contributed by atoms with Crippen LogP contribution in [0.4, 0.5) is 0 Å². The Morgan fingerprint density at radius 2 is 2.19 bits per heavy atom. The fourth-order valence-corrected chi connectivity index (χ4v) is 2.02. The molecule has 0 fully saturated rings. The van der Waals surface area contributed by atoms with Crippen LogP contribution in [0.3, 0.4) is 0 Å². The topological polar surface area (TPSA) is 43.6 Å². The summed E-state index contributed by atoms with van der Waals surface area (Å²) >= 11 is 1.73. The van der Waals surface area contributed by atoms with Crippen molar-refractivity contribution >= 4 is 11.8 Å². The monoisotopic (exact) mass is 234 g/mol. The van der Waals surface area contributed by atoms with Crippen LogP contribution in [0.5, 0.6) is 0 Å². The summed E-state index contributed by atoms with van der Waals surface area (Å²) in [5.41, 5.74) is 0. The molecule has 0 radical (unpaired) electrons. The summed E-state index contributed by atoms with van der Waals surface area (Å²) in [4.78, 5) is 4.16. The van der Waals surface area contributed by atoms with Crippen LogP contribution >= 0.6 is 11.8 Å². The van der Waals surface area contributed by atoms with E-state index in [1.165, 1.54) is 0 Å². The second kappa shape index (κ2) is 5.12. The molecule has 2 aromatic heterocycles. The van der Waals surface area contributed by atoms with Gasteiger partial charge in [0.2, 0.25) is 0 Å². The van der Waals surface area contributed by atoms with Gasteiger partial charge in [-0.05, 0) is 31.2 Å². The molecule has 0 saturated heterocycles. The van der Waals surface area contributed by atoms with E-state index in [4.69, 9.17) is 0 Å². The molecule has 0 aliphatic rings. The molecule has 0 atom stereocenters. The van der Waals surface area contributed by atoms with Crippen molar-refractivity contribution < 1.29 is 0 Å². The average Bonchev–Trinajstić information content (AvgIpc) is 2.74. The molecular formula is C11H14N4S. The summed E-state index contributed by atoms with van der Waals surface area (Å²) in [5.74, 6) is 2.82. The van der Waals surface area contributed by atoms with Crippen molar-refractivity contribution in [1.29, 1.82) is 0 Å². The van der Waals surface area contributed by atoms with E-state index in [1.54, 1.807) is 18.0 Å². The van der Waals surface area contributed by atoms with Crippen LogP contribution in [-0.2, 0) is 0 Å². The zero-order chi connectivity index (χ0) is 11.4. The number of hydrogen-bond acceptors (Lipinski definition) is 4. The van der Waals surface area contributed by atoms with E-state index >= 15 is 0 Å². The Morgan fingerprint density at radius 3 is 2.75 bits per heavy atom. The van der Waals surface area contributed by atoms with Crippen LogP contribution in [0.1, 0.15) is 19.2 Å². The number of thioether (sulfide) groups is 1. The van der Waals surface area contributed by atoms with Crippen LogP contribution < -0.4 is 0 Å². The van der Waals surface area contributed by atoms with Gasteiger partial charge in [0.05, 0.1) is 0 Å². The Hall–Kier alpha value is -1.36. The third kappa shape index (κ3) is 2.41. The van der Waals surface area contributed by atoms with Crippen molar-refractivity contribution in [2.24, 2.45) is 0 Å². The Morgan fingerprint density at radius 1 is 1.31 bits per heavy atom. The molecule has 16 heavy (non-hydrogen) atoms. The van der Waals surface area contributed by atoms with Crippen molar-refractivity contribution in [2.75, 3.05) is 5.75 Å². The van der Waals surface area contributed by atoms with Crippen molar-refractivity contribution in [3.8, 4) is 5.82 Å². The maximum atomic E-state index is 4.19. The lowest BCUT2D eigenvalue weighted by Gasteiger charge is -2.03. The quantitative estimate of drug-likeness (QED) is 0.762. The predicted octanol–water partition coefficient (Wildman–Crippen LogP) is 2.47. The lowest BCUT2D eigenvalue weighted by Crippen LogP contribution is -2.00. The minimum atomic E-state index is 0.816. The highest BCUT2D eigenvalue weighted by Gasteiger charge is 2.02. The molecule has 0 amide bonds. The molecular weight excluding hydrogens is 220 g/mol. The molecule has 0 unspecified atom stereocenters. The minimum Gasteiger partial charge on any atom is -0.287 e. The molecule has 0 N–H and O–H groups in total. The highest BCUT2D eigenvalue weighted by molar-refractivity contribution is 7.99. The normalized spacial score (nSPS) is 10.6. The van der Waals surface area contributed by atoms with Crippen molar-refractivity contribution in [1.82, 2.24) is 19.7 Å². The molecule has 0 spiro atoms. The standard InChI is InChI=1S/C11H14N4S/c1-3-8-16-11-5-4-10(13-14-11)15-7-6-12-9(15)2/h4-7H,3,8H2,1-2H3. The number of aromatic nitrogens is 4. The Kier molecular flexibility index (Phi) is 3.56. The third-order valence-corrected chi connectivity index (χ3v) is 3.28. The Balaban J connectivity index is 2.16. The molecule has 2 heterocycles. The maximum absolute atomic E-state index is 4.19. The number of rotatable bonds is 4. The molecule has 2 rings (SSSR count). The first-order valence-corrected chi connectivity index (χ1v) is 6.26. The van der Waals surface area contributed by atoms with Gasteiger partial charge in [-0.2, -0.15) is 0 Å². The summed E-state index contributed by atoms with van der Waals surface area (Å²) in [7, 11) is 0. The predicted molar refractivity (Wildman–Crippen MR) is 64.9 cm³/mol. The highest BCUT2D eigenvalue weighted by atomic mass is 32.2. The summed E-state index contributed by atoms with van der Waals surface area (Å²) < 4.78 is 1.92. The van der Waals surface area contributed by atoms with E-state index in [2.05, 4.69) is 22.1 Å². The number of aryl methyl sites for hydroxylation is 1. The van der Waals surface area contributed by atoms with Gasteiger partial charge in [0, 0.05) is 12.4 Å². The lowest BCUT2D eigenvalue weighted by molar-refractivity contribution is 0.841. The van der Waals surface area contributed by atoms with E-state index in [0.29, 0.717) is 0 Å². The summed E-state index contributed by atoms with van der Waals surface area (Å²) in [6.45, 7) is 4.10. The van der Waals surface area contributed by atoms with Gasteiger partial charge in [-0.25, -0.2) is 4.98 Å². The molecule has 0 bridgehead atoms. The van der Waals surface area contributed by atoms with Crippen LogP contribution in [0, 0.1) is 6.92 Å². The SMILES string of the molecule is CCCSc1ccc(-n2ccnc2C)nn1. The first kappa shape index (κ1) is 11.1. The highest BCUT2D eigenvalue weighted by Crippen LogP contribution is 2.16. The molecule has 0 aliphatic carbocycles. The number of hydrogen-bond donors (Lipinski definition) is 0. The van der Waals surface area contributed by atoms with E-state index in [1.807, 2.05) is 29.8 Å². The van der Waals surface area contributed by atoms with Gasteiger partial charge in [-0.15, -0.1) is 22.0 Å². The van der Waals surface area contributed by atoms with E-state index in [0.717, 1.165) is 28.8 Å². The first-order chi connectivity index (χ1) is 7.81. The smallest absolute Gasteiger partial charge is 0.160 e. The Labute approximate surface area is 99.1 Å². The van der Waals surface area contributed by atoms with Crippen LogP contribution in [-0.4, -0.2) is 25.5 Å². The minimum absolute atomic E-state index is 0.816. The van der Waals surface area contributed by atoms with Gasteiger partial charge < -0.3 is 0 Å². The molecule has 5 heteroatoms. The van der Waals surface area contributed by atoms with E-state index < -0.39 is 0 Å². The van der Waals surface area contributed by atoms with E-state index in [-0.39, 0.29) is 0 Å². The van der Waals surface area contributed by atoms with Gasteiger partial charge >= 0.3 is 0 Å². The van der Waals surface area contributed by atoms with Crippen molar-refractivity contribution in [3.05, 3.63) is 30.4 Å². The fraction of sp³-hybridized carbons (Fsp3) is 0.364. The van der Waals surface area contributed by atoms with Crippen LogP contribution in [0.15, 0.2) is 29.6 Å². The average molecular weight is 234 g/mol. The van der Waals surface area contributed by atoms with E-state index in [9.17, 15) is 0 Å².